The van der Waals surface area contributed by atoms with Gasteiger partial charge in [0.2, 0.25) is 0 Å². The van der Waals surface area contributed by atoms with Crippen molar-refractivity contribution in [1.82, 2.24) is 0 Å². The summed E-state index contributed by atoms with van der Waals surface area (Å²) >= 11 is 0. The van der Waals surface area contributed by atoms with Gasteiger partial charge in [-0.05, 0) is 42.9 Å². The monoisotopic (exact) mass is 334 g/mol. The summed E-state index contributed by atoms with van der Waals surface area (Å²) in [4.78, 5) is 0. The second kappa shape index (κ2) is 7.58. The summed E-state index contributed by atoms with van der Waals surface area (Å²) in [5.74, 6) is -1.30. The topological polar surface area (TPSA) is 18.5 Å². The summed E-state index contributed by atoms with van der Waals surface area (Å²) in [6, 6.07) is 3.41. The quantitative estimate of drug-likeness (QED) is 0.719. The van der Waals surface area contributed by atoms with Crippen LogP contribution in [0.2, 0.25) is 0 Å². The van der Waals surface area contributed by atoms with Crippen LogP contribution in [-0.2, 0) is 9.47 Å². The molecule has 1 aromatic rings. The van der Waals surface area contributed by atoms with E-state index < -0.39 is 17.9 Å². The van der Waals surface area contributed by atoms with E-state index >= 15 is 0 Å². The van der Waals surface area contributed by atoms with E-state index in [4.69, 9.17) is 9.47 Å². The van der Waals surface area contributed by atoms with Gasteiger partial charge in [-0.25, -0.2) is 8.78 Å². The van der Waals surface area contributed by atoms with Crippen molar-refractivity contribution in [3.8, 4) is 0 Å². The van der Waals surface area contributed by atoms with Gasteiger partial charge in [0.05, 0.1) is 13.2 Å². The molecular weight excluding hydrogens is 310 g/mol. The summed E-state index contributed by atoms with van der Waals surface area (Å²) in [6.07, 6.45) is 9.19. The predicted octanol–water partition coefficient (Wildman–Crippen LogP) is 5.07. The lowest BCUT2D eigenvalue weighted by atomic mass is 9.84. The number of ether oxygens (including phenoxy) is 2. The standard InChI is InChI=1S/C20H24F2O2/c1-3-4-18-23-11-15(12-24-18)17-10-9-16(19(21)20(17)22)14-7-5-13(2)6-8-14/h3-5,7,9-10,13-15,18H,6,8,11-12H2,1-2H3/b4-3+. The van der Waals surface area contributed by atoms with Crippen LogP contribution in [0.25, 0.3) is 0 Å². The SMILES string of the molecule is C/C=C/C1OCC(c2ccc(C3C=CC(C)CC3)c(F)c2F)CO1. The molecule has 1 heterocycles. The van der Waals surface area contributed by atoms with Crippen molar-refractivity contribution >= 4 is 0 Å². The molecule has 2 atom stereocenters. The van der Waals surface area contributed by atoms with E-state index in [9.17, 15) is 8.78 Å². The van der Waals surface area contributed by atoms with Gasteiger partial charge >= 0.3 is 0 Å². The number of rotatable bonds is 3. The van der Waals surface area contributed by atoms with Crippen LogP contribution < -0.4 is 0 Å². The fraction of sp³-hybridized carbons (Fsp3) is 0.500. The van der Waals surface area contributed by atoms with Crippen LogP contribution >= 0.6 is 0 Å². The first-order valence-corrected chi connectivity index (χ1v) is 8.62. The van der Waals surface area contributed by atoms with E-state index in [0.29, 0.717) is 30.3 Å². The van der Waals surface area contributed by atoms with Crippen LogP contribution in [0.4, 0.5) is 8.78 Å². The number of hydrogen-bond acceptors (Lipinski definition) is 2. The Morgan fingerprint density at radius 3 is 2.29 bits per heavy atom. The first kappa shape index (κ1) is 17.3. The molecule has 0 amide bonds. The molecule has 130 valence electrons. The Morgan fingerprint density at radius 2 is 1.67 bits per heavy atom. The Hall–Kier alpha value is -1.52. The Morgan fingerprint density at radius 1 is 1.00 bits per heavy atom. The molecule has 0 radical (unpaired) electrons. The van der Waals surface area contributed by atoms with Crippen LogP contribution in [0.5, 0.6) is 0 Å². The van der Waals surface area contributed by atoms with Crippen LogP contribution in [0, 0.1) is 17.6 Å². The van der Waals surface area contributed by atoms with Crippen molar-refractivity contribution in [2.24, 2.45) is 5.92 Å². The molecule has 1 fully saturated rings. The molecule has 3 rings (SSSR count). The van der Waals surface area contributed by atoms with E-state index in [-0.39, 0.29) is 11.8 Å². The third-order valence-corrected chi connectivity index (χ3v) is 4.86. The Kier molecular flexibility index (Phi) is 5.47. The molecule has 1 aliphatic carbocycles. The molecule has 2 nitrogen and oxygen atoms in total. The van der Waals surface area contributed by atoms with Gasteiger partial charge in [0.15, 0.2) is 17.9 Å². The van der Waals surface area contributed by atoms with Crippen molar-refractivity contribution in [2.75, 3.05) is 13.2 Å². The maximum absolute atomic E-state index is 14.6. The molecule has 2 unspecified atom stereocenters. The third-order valence-electron chi connectivity index (χ3n) is 4.86. The molecule has 0 N–H and O–H groups in total. The highest BCUT2D eigenvalue weighted by molar-refractivity contribution is 5.34. The lowest BCUT2D eigenvalue weighted by Crippen LogP contribution is -2.30. The normalized spacial score (nSPS) is 30.8. The van der Waals surface area contributed by atoms with Crippen molar-refractivity contribution in [3.63, 3.8) is 0 Å². The third kappa shape index (κ3) is 3.60. The number of hydrogen-bond donors (Lipinski definition) is 0. The zero-order valence-electron chi connectivity index (χ0n) is 14.2. The second-order valence-corrected chi connectivity index (χ2v) is 6.68. The zero-order valence-corrected chi connectivity index (χ0v) is 14.2. The summed E-state index contributed by atoms with van der Waals surface area (Å²) < 4.78 is 40.3. The average Bonchev–Trinajstić information content (AvgIpc) is 2.59. The fourth-order valence-corrected chi connectivity index (χ4v) is 3.36. The molecule has 2 aliphatic rings. The van der Waals surface area contributed by atoms with Crippen molar-refractivity contribution < 1.29 is 18.3 Å². The largest absolute Gasteiger partial charge is 0.348 e. The van der Waals surface area contributed by atoms with E-state index in [1.165, 1.54) is 0 Å². The van der Waals surface area contributed by atoms with Gasteiger partial charge in [0, 0.05) is 11.8 Å². The molecule has 0 saturated carbocycles. The van der Waals surface area contributed by atoms with E-state index in [1.54, 1.807) is 18.2 Å². The summed E-state index contributed by atoms with van der Waals surface area (Å²) in [7, 11) is 0. The second-order valence-electron chi connectivity index (χ2n) is 6.68. The molecule has 0 bridgehead atoms. The van der Waals surface area contributed by atoms with Gasteiger partial charge in [-0.15, -0.1) is 0 Å². The van der Waals surface area contributed by atoms with E-state index in [0.717, 1.165) is 12.8 Å². The van der Waals surface area contributed by atoms with E-state index in [2.05, 4.69) is 13.0 Å². The van der Waals surface area contributed by atoms with Gasteiger partial charge in [-0.3, -0.25) is 0 Å². The predicted molar refractivity (Wildman–Crippen MR) is 89.9 cm³/mol. The summed E-state index contributed by atoms with van der Waals surface area (Å²) in [6.45, 7) is 4.67. The van der Waals surface area contributed by atoms with Gasteiger partial charge in [0.1, 0.15) is 0 Å². The van der Waals surface area contributed by atoms with Crippen LogP contribution in [0.15, 0.2) is 36.4 Å². The van der Waals surface area contributed by atoms with Crippen molar-refractivity contribution in [3.05, 3.63) is 59.2 Å². The number of halogens is 2. The number of allylic oxidation sites excluding steroid dienone is 3. The fourth-order valence-electron chi connectivity index (χ4n) is 3.36. The van der Waals surface area contributed by atoms with Crippen LogP contribution in [0.3, 0.4) is 0 Å². The maximum atomic E-state index is 14.6. The highest BCUT2D eigenvalue weighted by Crippen LogP contribution is 2.35. The molecule has 24 heavy (non-hydrogen) atoms. The summed E-state index contributed by atoms with van der Waals surface area (Å²) in [5.41, 5.74) is 0.784. The van der Waals surface area contributed by atoms with Crippen LogP contribution in [0.1, 0.15) is 49.7 Å². The van der Waals surface area contributed by atoms with Gasteiger partial charge < -0.3 is 9.47 Å². The molecule has 1 saturated heterocycles. The number of benzene rings is 1. The smallest absolute Gasteiger partial charge is 0.176 e. The van der Waals surface area contributed by atoms with Gasteiger partial charge in [-0.2, -0.15) is 0 Å². The van der Waals surface area contributed by atoms with E-state index in [1.807, 2.05) is 19.1 Å². The van der Waals surface area contributed by atoms with Crippen molar-refractivity contribution in [1.29, 1.82) is 0 Å². The van der Waals surface area contributed by atoms with Crippen molar-refractivity contribution in [2.45, 2.75) is 44.8 Å². The Balaban J connectivity index is 1.77. The minimum absolute atomic E-state index is 0.0392. The summed E-state index contributed by atoms with van der Waals surface area (Å²) in [5, 5.41) is 0. The molecule has 4 heteroatoms. The minimum Gasteiger partial charge on any atom is -0.348 e. The highest BCUT2D eigenvalue weighted by Gasteiger charge is 2.28. The molecule has 0 spiro atoms. The molecule has 1 aromatic carbocycles. The average molecular weight is 334 g/mol. The highest BCUT2D eigenvalue weighted by atomic mass is 19.2. The first-order valence-electron chi connectivity index (χ1n) is 8.62. The Labute approximate surface area is 142 Å². The zero-order chi connectivity index (χ0) is 17.1. The first-order chi connectivity index (χ1) is 11.6. The minimum atomic E-state index is -0.763. The molecule has 1 aliphatic heterocycles. The molecular formula is C20H24F2O2. The maximum Gasteiger partial charge on any atom is 0.176 e. The lowest BCUT2D eigenvalue weighted by molar-refractivity contribution is -0.159. The lowest BCUT2D eigenvalue weighted by Gasteiger charge is -2.29. The van der Waals surface area contributed by atoms with Crippen LogP contribution in [-0.4, -0.2) is 19.5 Å². The van der Waals surface area contributed by atoms with Gasteiger partial charge in [0.25, 0.3) is 0 Å². The molecule has 0 aromatic heterocycles. The Bertz CT molecular complexity index is 631. The van der Waals surface area contributed by atoms with Gasteiger partial charge in [-0.1, -0.05) is 37.3 Å².